The summed E-state index contributed by atoms with van der Waals surface area (Å²) >= 11 is 2.74. The molecule has 0 saturated carbocycles. The average molecular weight is 437 g/mol. The zero-order valence-electron chi connectivity index (χ0n) is 15.3. The van der Waals surface area contributed by atoms with E-state index in [1.165, 1.54) is 23.1 Å². The average Bonchev–Trinajstić information content (AvgIpc) is 3.01. The van der Waals surface area contributed by atoms with Crippen LogP contribution in [0.25, 0.3) is 0 Å². The number of aryl methyl sites for hydroxylation is 1. The number of nitriles is 1. The van der Waals surface area contributed by atoms with E-state index in [2.05, 4.69) is 16.4 Å². The van der Waals surface area contributed by atoms with Crippen molar-refractivity contribution in [2.75, 3.05) is 35.7 Å². The lowest BCUT2D eigenvalue weighted by atomic mass is 10.0. The van der Waals surface area contributed by atoms with E-state index in [1.807, 2.05) is 42.2 Å². The highest BCUT2D eigenvalue weighted by Crippen LogP contribution is 2.33. The molecule has 28 heavy (non-hydrogen) atoms. The van der Waals surface area contributed by atoms with Crippen molar-refractivity contribution in [3.8, 4) is 6.07 Å². The quantitative estimate of drug-likeness (QED) is 0.694. The first kappa shape index (κ1) is 20.8. The molecule has 2 heterocycles. The zero-order chi connectivity index (χ0) is 20.1. The SMILES string of the molecule is Cc1nc(NC(=O)C(c2ccccc2)N2CCS(=O)(=O)CC2)sc1SCC#N. The van der Waals surface area contributed by atoms with Crippen molar-refractivity contribution in [1.82, 2.24) is 9.88 Å². The minimum atomic E-state index is -3.04. The van der Waals surface area contributed by atoms with Crippen LogP contribution in [0.3, 0.4) is 0 Å². The van der Waals surface area contributed by atoms with Crippen molar-refractivity contribution in [3.63, 3.8) is 0 Å². The molecule has 1 unspecified atom stereocenters. The summed E-state index contributed by atoms with van der Waals surface area (Å²) < 4.78 is 24.5. The Morgan fingerprint density at radius 2 is 2.04 bits per heavy atom. The maximum Gasteiger partial charge on any atom is 0.248 e. The molecule has 0 bridgehead atoms. The fraction of sp³-hybridized carbons (Fsp3) is 0.389. The van der Waals surface area contributed by atoms with Gasteiger partial charge in [-0.2, -0.15) is 5.26 Å². The molecule has 1 aromatic heterocycles. The van der Waals surface area contributed by atoms with Gasteiger partial charge in [-0.3, -0.25) is 9.69 Å². The van der Waals surface area contributed by atoms with Crippen LogP contribution in [-0.2, 0) is 14.6 Å². The number of aromatic nitrogens is 1. The molecule has 2 aromatic rings. The molecule has 1 amide bonds. The second-order valence-electron chi connectivity index (χ2n) is 6.33. The summed E-state index contributed by atoms with van der Waals surface area (Å²) in [6, 6.07) is 10.8. The Bertz CT molecular complexity index is 969. The highest BCUT2D eigenvalue weighted by atomic mass is 32.2. The normalized spacial score (nSPS) is 17.6. The van der Waals surface area contributed by atoms with E-state index in [1.54, 1.807) is 0 Å². The Morgan fingerprint density at radius 3 is 2.68 bits per heavy atom. The number of carbonyl (C=O) groups excluding carboxylic acids is 1. The van der Waals surface area contributed by atoms with E-state index in [-0.39, 0.29) is 17.4 Å². The number of rotatable bonds is 6. The number of anilines is 1. The maximum absolute atomic E-state index is 13.1. The van der Waals surface area contributed by atoms with Crippen molar-refractivity contribution in [2.24, 2.45) is 0 Å². The molecule has 1 atom stereocenters. The smallest absolute Gasteiger partial charge is 0.248 e. The number of nitrogens with zero attached hydrogens (tertiary/aromatic N) is 3. The second kappa shape index (κ2) is 9.05. The predicted octanol–water partition coefficient (Wildman–Crippen LogP) is 2.48. The Labute approximate surface area is 172 Å². The van der Waals surface area contributed by atoms with E-state index in [0.717, 1.165) is 15.5 Å². The summed E-state index contributed by atoms with van der Waals surface area (Å²) in [4.78, 5) is 19.4. The number of carbonyl (C=O) groups is 1. The zero-order valence-corrected chi connectivity index (χ0v) is 17.7. The summed E-state index contributed by atoms with van der Waals surface area (Å²) in [5.41, 5.74) is 1.59. The first-order chi connectivity index (χ1) is 13.4. The number of thioether (sulfide) groups is 1. The Balaban J connectivity index is 1.80. The monoisotopic (exact) mass is 436 g/mol. The van der Waals surface area contributed by atoms with Gasteiger partial charge in [0, 0.05) is 13.1 Å². The molecule has 148 valence electrons. The number of sulfone groups is 1. The number of hydrogen-bond donors (Lipinski definition) is 1. The third kappa shape index (κ3) is 5.11. The van der Waals surface area contributed by atoms with Crippen LogP contribution in [-0.4, -0.2) is 54.6 Å². The van der Waals surface area contributed by atoms with Gasteiger partial charge in [0.15, 0.2) is 15.0 Å². The molecule has 1 saturated heterocycles. The summed E-state index contributed by atoms with van der Waals surface area (Å²) in [5, 5.41) is 12.1. The van der Waals surface area contributed by atoms with E-state index in [0.29, 0.717) is 24.0 Å². The second-order valence-corrected chi connectivity index (χ2v) is 10.9. The van der Waals surface area contributed by atoms with Crippen molar-refractivity contribution >= 4 is 44.0 Å². The number of benzene rings is 1. The van der Waals surface area contributed by atoms with Gasteiger partial charge in [0.05, 0.1) is 33.2 Å². The molecule has 1 N–H and O–H groups in total. The molecule has 0 radical (unpaired) electrons. The van der Waals surface area contributed by atoms with Gasteiger partial charge < -0.3 is 5.32 Å². The fourth-order valence-corrected chi connectivity index (χ4v) is 6.02. The van der Waals surface area contributed by atoms with Crippen LogP contribution >= 0.6 is 23.1 Å². The van der Waals surface area contributed by atoms with Gasteiger partial charge in [-0.25, -0.2) is 13.4 Å². The molecule has 1 aliphatic heterocycles. The van der Waals surface area contributed by atoms with E-state index >= 15 is 0 Å². The molecule has 3 rings (SSSR count). The highest BCUT2D eigenvalue weighted by molar-refractivity contribution is 8.01. The number of hydrogen-bond acceptors (Lipinski definition) is 8. The van der Waals surface area contributed by atoms with Gasteiger partial charge in [-0.1, -0.05) is 53.4 Å². The van der Waals surface area contributed by atoms with Crippen molar-refractivity contribution in [3.05, 3.63) is 41.6 Å². The third-order valence-corrected chi connectivity index (χ3v) is 8.27. The van der Waals surface area contributed by atoms with Gasteiger partial charge >= 0.3 is 0 Å². The van der Waals surface area contributed by atoms with Gasteiger partial charge in [-0.05, 0) is 12.5 Å². The molecule has 1 aliphatic rings. The Kier molecular flexibility index (Phi) is 6.72. The summed E-state index contributed by atoms with van der Waals surface area (Å²) in [7, 11) is -3.04. The molecule has 0 aliphatic carbocycles. The molecule has 1 fully saturated rings. The van der Waals surface area contributed by atoms with Crippen LogP contribution in [0.2, 0.25) is 0 Å². The van der Waals surface area contributed by atoms with E-state index in [4.69, 9.17) is 5.26 Å². The topological polar surface area (TPSA) is 103 Å². The van der Waals surface area contributed by atoms with Crippen molar-refractivity contribution in [1.29, 1.82) is 5.26 Å². The van der Waals surface area contributed by atoms with Gasteiger partial charge in [0.1, 0.15) is 6.04 Å². The molecule has 1 aromatic carbocycles. The van der Waals surface area contributed by atoms with Gasteiger partial charge in [-0.15, -0.1) is 0 Å². The number of nitrogens with one attached hydrogen (secondary N) is 1. The van der Waals surface area contributed by atoms with Crippen molar-refractivity contribution < 1.29 is 13.2 Å². The molecule has 0 spiro atoms. The van der Waals surface area contributed by atoms with Crippen LogP contribution in [0.5, 0.6) is 0 Å². The minimum absolute atomic E-state index is 0.0505. The van der Waals surface area contributed by atoms with E-state index in [9.17, 15) is 13.2 Å². The van der Waals surface area contributed by atoms with E-state index < -0.39 is 15.9 Å². The standard InChI is InChI=1S/C18H20N4O3S3/c1-13-17(26-10-7-19)27-18(20-13)21-16(23)15(14-5-3-2-4-6-14)22-8-11-28(24,25)12-9-22/h2-6,15H,8-12H2,1H3,(H,20,21,23). The van der Waals surface area contributed by atoms with Crippen molar-refractivity contribution in [2.45, 2.75) is 17.2 Å². The Morgan fingerprint density at radius 1 is 1.36 bits per heavy atom. The van der Waals surface area contributed by atoms with Crippen LogP contribution in [0.4, 0.5) is 5.13 Å². The molecular weight excluding hydrogens is 416 g/mol. The van der Waals surface area contributed by atoms with Crippen LogP contribution in [0, 0.1) is 18.3 Å². The summed E-state index contributed by atoms with van der Waals surface area (Å²) in [6.45, 7) is 2.47. The predicted molar refractivity (Wildman–Crippen MR) is 111 cm³/mol. The lowest BCUT2D eigenvalue weighted by molar-refractivity contribution is -0.121. The first-order valence-corrected chi connectivity index (χ1v) is 12.3. The first-order valence-electron chi connectivity index (χ1n) is 8.67. The van der Waals surface area contributed by atoms with Crippen LogP contribution in [0.1, 0.15) is 17.3 Å². The largest absolute Gasteiger partial charge is 0.300 e. The summed E-state index contributed by atoms with van der Waals surface area (Å²) in [5.74, 6) is 0.186. The third-order valence-electron chi connectivity index (χ3n) is 4.36. The minimum Gasteiger partial charge on any atom is -0.300 e. The molecule has 10 heteroatoms. The van der Waals surface area contributed by atoms with Gasteiger partial charge in [0.25, 0.3) is 0 Å². The van der Waals surface area contributed by atoms with Crippen LogP contribution in [0.15, 0.2) is 34.5 Å². The Hall–Kier alpha value is -1.93. The number of amides is 1. The lowest BCUT2D eigenvalue weighted by Crippen LogP contribution is -2.46. The number of thiazole rings is 1. The molecular formula is C18H20N4O3S3. The lowest BCUT2D eigenvalue weighted by Gasteiger charge is -2.33. The highest BCUT2D eigenvalue weighted by Gasteiger charge is 2.33. The van der Waals surface area contributed by atoms with Gasteiger partial charge in [0.2, 0.25) is 5.91 Å². The maximum atomic E-state index is 13.1. The molecule has 7 nitrogen and oxygen atoms in total. The summed E-state index contributed by atoms with van der Waals surface area (Å²) in [6.07, 6.45) is 0. The fourth-order valence-electron chi connectivity index (χ4n) is 2.99. The van der Waals surface area contributed by atoms with Crippen LogP contribution < -0.4 is 5.32 Å².